The van der Waals surface area contributed by atoms with Gasteiger partial charge in [-0.25, -0.2) is 4.79 Å². The number of methoxy groups -OCH3 is 2. The predicted molar refractivity (Wildman–Crippen MR) is 93.5 cm³/mol. The molecule has 0 saturated carbocycles. The summed E-state index contributed by atoms with van der Waals surface area (Å²) in [6.45, 7) is 0. The first-order valence-electron chi connectivity index (χ1n) is 6.99. The van der Waals surface area contributed by atoms with E-state index in [2.05, 4.69) is 20.1 Å². The Morgan fingerprint density at radius 1 is 1.12 bits per heavy atom. The summed E-state index contributed by atoms with van der Waals surface area (Å²) in [5.41, 5.74) is 0.534. The first-order valence-corrected chi connectivity index (χ1v) is 8.35. The van der Waals surface area contributed by atoms with E-state index in [1.54, 1.807) is 24.3 Å². The van der Waals surface area contributed by atoms with Crippen LogP contribution in [0, 0.1) is 0 Å². The molecule has 1 aromatic carbocycles. The molecule has 1 rings (SSSR count). The van der Waals surface area contributed by atoms with Gasteiger partial charge in [0.2, 0.25) is 5.91 Å². The van der Waals surface area contributed by atoms with Crippen LogP contribution in [0.25, 0.3) is 0 Å². The van der Waals surface area contributed by atoms with Crippen LogP contribution in [0.1, 0.15) is 6.42 Å². The molecule has 0 fully saturated rings. The molecule has 2 N–H and O–H groups in total. The molecule has 0 saturated heterocycles. The van der Waals surface area contributed by atoms with Crippen LogP contribution in [0.3, 0.4) is 0 Å². The Balaban J connectivity index is 2.55. The van der Waals surface area contributed by atoms with Gasteiger partial charge in [0.15, 0.2) is 0 Å². The van der Waals surface area contributed by atoms with Crippen molar-refractivity contribution < 1.29 is 28.7 Å². The first kappa shape index (κ1) is 20.8. The van der Waals surface area contributed by atoms with E-state index in [9.17, 15) is 19.2 Å². The van der Waals surface area contributed by atoms with Crippen molar-refractivity contribution in [3.8, 4) is 0 Å². The maximum Gasteiger partial charge on any atom is 0.329 e. The third kappa shape index (κ3) is 7.90. The van der Waals surface area contributed by atoms with Gasteiger partial charge in [-0.2, -0.15) is 0 Å². The second-order valence-electron chi connectivity index (χ2n) is 4.63. The lowest BCUT2D eigenvalue weighted by Crippen LogP contribution is -2.44. The van der Waals surface area contributed by atoms with Gasteiger partial charge in [-0.3, -0.25) is 14.4 Å². The molecular formula is C15H17ClN2O6S. The maximum absolute atomic E-state index is 11.9. The van der Waals surface area contributed by atoms with E-state index >= 15 is 0 Å². The first-order chi connectivity index (χ1) is 11.8. The quantitative estimate of drug-likeness (QED) is 0.541. The van der Waals surface area contributed by atoms with Gasteiger partial charge in [-0.15, -0.1) is 0 Å². The van der Waals surface area contributed by atoms with Crippen LogP contribution in [0.2, 0.25) is 5.02 Å². The summed E-state index contributed by atoms with van der Waals surface area (Å²) in [6, 6.07) is 5.40. The fourth-order valence-corrected chi connectivity index (χ4v) is 2.46. The van der Waals surface area contributed by atoms with Crippen LogP contribution in [-0.4, -0.2) is 49.1 Å². The molecule has 10 heteroatoms. The summed E-state index contributed by atoms with van der Waals surface area (Å²) in [4.78, 5) is 46.3. The Bertz CT molecular complexity index is 637. The monoisotopic (exact) mass is 388 g/mol. The fourth-order valence-electron chi connectivity index (χ4n) is 1.61. The minimum Gasteiger partial charge on any atom is -0.469 e. The Hall–Kier alpha value is -2.26. The molecule has 25 heavy (non-hydrogen) atoms. The fraction of sp³-hybridized carbons (Fsp3) is 0.333. The van der Waals surface area contributed by atoms with Gasteiger partial charge in [-0.05, 0) is 24.3 Å². The summed E-state index contributed by atoms with van der Waals surface area (Å²) in [5.74, 6) is -2.25. The number of ether oxygens (including phenoxy) is 2. The molecule has 0 aliphatic carbocycles. The van der Waals surface area contributed by atoms with Crippen LogP contribution >= 0.6 is 23.4 Å². The molecule has 136 valence electrons. The van der Waals surface area contributed by atoms with E-state index in [1.165, 1.54) is 0 Å². The zero-order valence-electron chi connectivity index (χ0n) is 13.5. The van der Waals surface area contributed by atoms with Crippen molar-refractivity contribution >= 4 is 52.1 Å². The van der Waals surface area contributed by atoms with Crippen LogP contribution in [0.5, 0.6) is 0 Å². The number of anilines is 1. The van der Waals surface area contributed by atoms with E-state index in [4.69, 9.17) is 11.6 Å². The summed E-state index contributed by atoms with van der Waals surface area (Å²) in [6.07, 6.45) is -0.536. The highest BCUT2D eigenvalue weighted by Crippen LogP contribution is 2.16. The van der Waals surface area contributed by atoms with Gasteiger partial charge in [0.25, 0.3) is 5.24 Å². The van der Waals surface area contributed by atoms with Gasteiger partial charge in [0, 0.05) is 16.5 Å². The number of halogens is 1. The van der Waals surface area contributed by atoms with E-state index in [-0.39, 0.29) is 5.75 Å². The minimum absolute atomic E-state index is 0.0704. The Labute approximate surface area is 153 Å². The summed E-state index contributed by atoms with van der Waals surface area (Å²) in [5, 5.41) is 5.03. The highest BCUT2D eigenvalue weighted by Gasteiger charge is 2.24. The third-order valence-electron chi connectivity index (χ3n) is 2.83. The summed E-state index contributed by atoms with van der Waals surface area (Å²) >= 11 is 6.53. The number of hydrogen-bond donors (Lipinski definition) is 2. The average molecular weight is 389 g/mol. The smallest absolute Gasteiger partial charge is 0.329 e. The van der Waals surface area contributed by atoms with Gasteiger partial charge < -0.3 is 20.1 Å². The van der Waals surface area contributed by atoms with Crippen molar-refractivity contribution in [1.82, 2.24) is 5.32 Å². The number of nitrogens with one attached hydrogen (secondary N) is 2. The Morgan fingerprint density at radius 3 is 2.32 bits per heavy atom. The maximum atomic E-state index is 11.9. The van der Waals surface area contributed by atoms with Crippen molar-refractivity contribution in [1.29, 1.82) is 0 Å². The van der Waals surface area contributed by atoms with Gasteiger partial charge in [0.05, 0.1) is 14.2 Å². The molecule has 0 aliphatic rings. The lowest BCUT2D eigenvalue weighted by Gasteiger charge is -2.15. The minimum atomic E-state index is -1.08. The molecule has 0 radical (unpaired) electrons. The van der Waals surface area contributed by atoms with E-state index in [0.717, 1.165) is 26.0 Å². The number of amides is 2. The van der Waals surface area contributed by atoms with E-state index in [1.807, 2.05) is 0 Å². The van der Waals surface area contributed by atoms with Gasteiger partial charge in [0.1, 0.15) is 12.5 Å². The molecule has 0 heterocycles. The molecule has 1 atom stereocenters. The van der Waals surface area contributed by atoms with Gasteiger partial charge in [-0.1, -0.05) is 23.4 Å². The standard InChI is InChI=1S/C15H17ClN2O6S/c1-23-13(20)7-12(19)18-11(14(21)24-2)8-25-15(22)17-10-5-3-9(16)4-6-10/h3-6,11H,7-8H2,1-2H3,(H,17,22)(H,18,19)/t11-/m1/s1. The number of benzene rings is 1. The number of hydrogen-bond acceptors (Lipinski definition) is 7. The SMILES string of the molecule is COC(=O)CC(=O)N[C@H](CSC(=O)Nc1ccc(Cl)cc1)C(=O)OC. The highest BCUT2D eigenvalue weighted by atomic mass is 35.5. The average Bonchev–Trinajstić information content (AvgIpc) is 2.59. The lowest BCUT2D eigenvalue weighted by molar-refractivity contribution is -0.147. The molecule has 0 aromatic heterocycles. The molecular weight excluding hydrogens is 372 g/mol. The summed E-state index contributed by atoms with van der Waals surface area (Å²) < 4.78 is 8.95. The van der Waals surface area contributed by atoms with Crippen LogP contribution in [-0.2, 0) is 23.9 Å². The zero-order chi connectivity index (χ0) is 18.8. The van der Waals surface area contributed by atoms with E-state index in [0.29, 0.717) is 10.7 Å². The van der Waals surface area contributed by atoms with Crippen molar-refractivity contribution in [3.05, 3.63) is 29.3 Å². The lowest BCUT2D eigenvalue weighted by atomic mass is 10.3. The topological polar surface area (TPSA) is 111 Å². The van der Waals surface area contributed by atoms with E-state index < -0.39 is 35.5 Å². The van der Waals surface area contributed by atoms with Crippen molar-refractivity contribution in [2.75, 3.05) is 25.3 Å². The van der Waals surface area contributed by atoms with Crippen molar-refractivity contribution in [2.45, 2.75) is 12.5 Å². The third-order valence-corrected chi connectivity index (χ3v) is 3.94. The number of esters is 2. The molecule has 0 unspecified atom stereocenters. The molecule has 2 amide bonds. The Morgan fingerprint density at radius 2 is 1.76 bits per heavy atom. The van der Waals surface area contributed by atoms with Crippen LogP contribution in [0.4, 0.5) is 10.5 Å². The highest BCUT2D eigenvalue weighted by molar-refractivity contribution is 8.13. The van der Waals surface area contributed by atoms with Crippen LogP contribution < -0.4 is 10.6 Å². The molecule has 8 nitrogen and oxygen atoms in total. The number of carbonyl (C=O) groups excluding carboxylic acids is 4. The normalized spacial score (nSPS) is 11.2. The van der Waals surface area contributed by atoms with Crippen LogP contribution in [0.15, 0.2) is 24.3 Å². The van der Waals surface area contributed by atoms with Crippen molar-refractivity contribution in [2.24, 2.45) is 0 Å². The number of thioether (sulfide) groups is 1. The zero-order valence-corrected chi connectivity index (χ0v) is 15.1. The predicted octanol–water partition coefficient (Wildman–Crippen LogP) is 1.83. The molecule has 0 aliphatic heterocycles. The van der Waals surface area contributed by atoms with Crippen molar-refractivity contribution in [3.63, 3.8) is 0 Å². The largest absolute Gasteiger partial charge is 0.469 e. The van der Waals surface area contributed by atoms with Gasteiger partial charge >= 0.3 is 11.9 Å². The number of rotatable bonds is 7. The second-order valence-corrected chi connectivity index (χ2v) is 6.06. The number of carbonyl (C=O) groups is 4. The molecule has 0 bridgehead atoms. The molecule has 1 aromatic rings. The Kier molecular flexibility index (Phi) is 8.79. The molecule has 0 spiro atoms. The second kappa shape index (κ2) is 10.6. The summed E-state index contributed by atoms with van der Waals surface area (Å²) in [7, 11) is 2.30.